The third kappa shape index (κ3) is 5.42. The van der Waals surface area contributed by atoms with Crippen LogP contribution in [0.3, 0.4) is 0 Å². The van der Waals surface area contributed by atoms with Crippen LogP contribution in [0.5, 0.6) is 5.75 Å². The Morgan fingerprint density at radius 1 is 1.00 bits per heavy atom. The fraction of sp³-hybridized carbons (Fsp3) is 0.222. The summed E-state index contributed by atoms with van der Waals surface area (Å²) < 4.78 is 14.8. The van der Waals surface area contributed by atoms with Crippen LogP contribution < -0.4 is 4.74 Å². The average Bonchev–Trinajstić information content (AvgIpc) is 2.67. The molecule has 0 aromatic heterocycles. The SMILES string of the molecule is COC(=O)C(N=NC(=O)OCc1ccccc1)c1ccc(OC)cc1. The fourth-order valence-corrected chi connectivity index (χ4v) is 2.00. The van der Waals surface area contributed by atoms with Crippen molar-refractivity contribution in [3.05, 3.63) is 65.7 Å². The number of esters is 1. The number of benzene rings is 2. The number of methoxy groups -OCH3 is 2. The van der Waals surface area contributed by atoms with Gasteiger partial charge in [0.25, 0.3) is 0 Å². The molecule has 2 aromatic carbocycles. The third-order valence-corrected chi connectivity index (χ3v) is 3.32. The molecule has 0 fully saturated rings. The zero-order chi connectivity index (χ0) is 18.1. The first-order valence-corrected chi connectivity index (χ1v) is 7.47. The molecule has 0 radical (unpaired) electrons. The molecule has 2 rings (SSSR count). The van der Waals surface area contributed by atoms with E-state index in [1.54, 1.807) is 24.3 Å². The molecule has 25 heavy (non-hydrogen) atoms. The molecule has 0 saturated heterocycles. The van der Waals surface area contributed by atoms with Crippen molar-refractivity contribution in [3.8, 4) is 5.75 Å². The Bertz CT molecular complexity index is 729. The largest absolute Gasteiger partial charge is 0.497 e. The molecular weight excluding hydrogens is 324 g/mol. The van der Waals surface area contributed by atoms with Gasteiger partial charge in [0.2, 0.25) is 0 Å². The lowest BCUT2D eigenvalue weighted by atomic mass is 10.1. The predicted octanol–water partition coefficient (Wildman–Crippen LogP) is 3.70. The van der Waals surface area contributed by atoms with E-state index >= 15 is 0 Å². The highest BCUT2D eigenvalue weighted by Crippen LogP contribution is 2.22. The van der Waals surface area contributed by atoms with Crippen molar-refractivity contribution in [2.45, 2.75) is 12.6 Å². The highest BCUT2D eigenvalue weighted by Gasteiger charge is 2.21. The van der Waals surface area contributed by atoms with Gasteiger partial charge in [-0.3, -0.25) is 0 Å². The monoisotopic (exact) mass is 342 g/mol. The van der Waals surface area contributed by atoms with E-state index in [0.717, 1.165) is 5.56 Å². The summed E-state index contributed by atoms with van der Waals surface area (Å²) in [4.78, 5) is 23.6. The summed E-state index contributed by atoms with van der Waals surface area (Å²) >= 11 is 0. The van der Waals surface area contributed by atoms with Crippen LogP contribution in [0.1, 0.15) is 17.2 Å². The number of carbonyl (C=O) groups is 2. The normalized spacial score (nSPS) is 11.8. The molecule has 0 N–H and O–H groups in total. The molecule has 0 spiro atoms. The summed E-state index contributed by atoms with van der Waals surface area (Å²) in [6.45, 7) is 0.0735. The second kappa shape index (κ2) is 9.17. The number of carbonyl (C=O) groups excluding carboxylic acids is 2. The van der Waals surface area contributed by atoms with Crippen molar-refractivity contribution in [3.63, 3.8) is 0 Å². The topological polar surface area (TPSA) is 86.6 Å². The molecule has 1 unspecified atom stereocenters. The van der Waals surface area contributed by atoms with E-state index in [2.05, 4.69) is 10.2 Å². The highest BCUT2D eigenvalue weighted by atomic mass is 16.5. The van der Waals surface area contributed by atoms with Crippen molar-refractivity contribution >= 4 is 12.1 Å². The highest BCUT2D eigenvalue weighted by molar-refractivity contribution is 5.78. The molecule has 0 aliphatic carbocycles. The summed E-state index contributed by atoms with van der Waals surface area (Å²) in [7, 11) is 2.78. The first-order chi connectivity index (χ1) is 12.1. The molecule has 0 aliphatic rings. The summed E-state index contributed by atoms with van der Waals surface area (Å²) in [5, 5.41) is 7.23. The molecule has 0 heterocycles. The minimum Gasteiger partial charge on any atom is -0.497 e. The predicted molar refractivity (Wildman–Crippen MR) is 89.2 cm³/mol. The van der Waals surface area contributed by atoms with Crippen LogP contribution >= 0.6 is 0 Å². The Labute approximate surface area is 145 Å². The molecule has 0 bridgehead atoms. The van der Waals surface area contributed by atoms with E-state index in [1.165, 1.54) is 14.2 Å². The maximum absolute atomic E-state index is 11.9. The van der Waals surface area contributed by atoms with Crippen molar-refractivity contribution in [2.75, 3.05) is 14.2 Å². The molecule has 130 valence electrons. The van der Waals surface area contributed by atoms with Crippen molar-refractivity contribution < 1.29 is 23.8 Å². The van der Waals surface area contributed by atoms with Gasteiger partial charge in [0.05, 0.1) is 14.2 Å². The first-order valence-electron chi connectivity index (χ1n) is 7.47. The second-order valence-corrected chi connectivity index (χ2v) is 4.95. The molecule has 1 atom stereocenters. The van der Waals surface area contributed by atoms with Crippen LogP contribution in [-0.4, -0.2) is 26.3 Å². The molecule has 7 heteroatoms. The van der Waals surface area contributed by atoms with Crippen LogP contribution in [-0.2, 0) is 20.9 Å². The quantitative estimate of drug-likeness (QED) is 0.590. The zero-order valence-electron chi connectivity index (χ0n) is 13.9. The maximum Gasteiger partial charge on any atom is 0.452 e. The fourth-order valence-electron chi connectivity index (χ4n) is 2.00. The Morgan fingerprint density at radius 3 is 2.28 bits per heavy atom. The Balaban J connectivity index is 2.03. The van der Waals surface area contributed by atoms with Crippen molar-refractivity contribution in [1.29, 1.82) is 0 Å². The number of hydrogen-bond acceptors (Lipinski definition) is 6. The summed E-state index contributed by atoms with van der Waals surface area (Å²) in [5.74, 6) is -0.00338. The molecule has 0 saturated carbocycles. The Morgan fingerprint density at radius 2 is 1.68 bits per heavy atom. The smallest absolute Gasteiger partial charge is 0.452 e. The summed E-state index contributed by atoms with van der Waals surface area (Å²) in [5.41, 5.74) is 1.35. The summed E-state index contributed by atoms with van der Waals surface area (Å²) in [6, 6.07) is 14.8. The van der Waals surface area contributed by atoms with Gasteiger partial charge in [-0.2, -0.15) is 5.11 Å². The second-order valence-electron chi connectivity index (χ2n) is 4.95. The summed E-state index contributed by atoms with van der Waals surface area (Å²) in [6.07, 6.45) is -0.883. The number of hydrogen-bond donors (Lipinski definition) is 0. The van der Waals surface area contributed by atoms with Gasteiger partial charge in [0.1, 0.15) is 12.4 Å². The first kappa shape index (κ1) is 18.1. The van der Waals surface area contributed by atoms with Gasteiger partial charge in [-0.15, -0.1) is 0 Å². The van der Waals surface area contributed by atoms with E-state index in [4.69, 9.17) is 14.2 Å². The average molecular weight is 342 g/mol. The van der Waals surface area contributed by atoms with E-state index in [0.29, 0.717) is 11.3 Å². The van der Waals surface area contributed by atoms with Crippen molar-refractivity contribution in [2.24, 2.45) is 10.2 Å². The van der Waals surface area contributed by atoms with Crippen LogP contribution in [0.15, 0.2) is 64.8 Å². The van der Waals surface area contributed by atoms with Gasteiger partial charge < -0.3 is 14.2 Å². The van der Waals surface area contributed by atoms with E-state index in [-0.39, 0.29) is 6.61 Å². The van der Waals surface area contributed by atoms with Gasteiger partial charge in [0.15, 0.2) is 6.04 Å². The van der Waals surface area contributed by atoms with Crippen molar-refractivity contribution in [1.82, 2.24) is 0 Å². The molecular formula is C18H18N2O5. The lowest BCUT2D eigenvalue weighted by molar-refractivity contribution is -0.142. The van der Waals surface area contributed by atoms with Gasteiger partial charge in [-0.1, -0.05) is 47.6 Å². The third-order valence-electron chi connectivity index (χ3n) is 3.32. The van der Waals surface area contributed by atoms with Gasteiger partial charge in [0, 0.05) is 0 Å². The van der Waals surface area contributed by atoms with Gasteiger partial charge in [-0.25, -0.2) is 9.59 Å². The lowest BCUT2D eigenvalue weighted by Crippen LogP contribution is -2.12. The Kier molecular flexibility index (Phi) is 6.65. The van der Waals surface area contributed by atoms with E-state index in [1.807, 2.05) is 30.3 Å². The van der Waals surface area contributed by atoms with Crippen LogP contribution in [0.2, 0.25) is 0 Å². The molecule has 1 amide bonds. The number of nitrogens with zero attached hydrogens (tertiary/aromatic N) is 2. The molecule has 0 aliphatic heterocycles. The zero-order valence-corrected chi connectivity index (χ0v) is 13.9. The van der Waals surface area contributed by atoms with Crippen LogP contribution in [0, 0.1) is 0 Å². The van der Waals surface area contributed by atoms with Gasteiger partial charge >= 0.3 is 12.1 Å². The molecule has 2 aromatic rings. The number of amides is 1. The Hall–Kier alpha value is -3.22. The number of rotatable bonds is 6. The minimum absolute atomic E-state index is 0.0735. The maximum atomic E-state index is 11.9. The van der Waals surface area contributed by atoms with E-state index < -0.39 is 18.1 Å². The van der Waals surface area contributed by atoms with Crippen LogP contribution in [0.4, 0.5) is 4.79 Å². The minimum atomic E-state index is -1.06. The van der Waals surface area contributed by atoms with E-state index in [9.17, 15) is 9.59 Å². The molecule has 7 nitrogen and oxygen atoms in total. The van der Waals surface area contributed by atoms with Crippen LogP contribution in [0.25, 0.3) is 0 Å². The number of ether oxygens (including phenoxy) is 3. The lowest BCUT2D eigenvalue weighted by Gasteiger charge is -2.10. The standard InChI is InChI=1S/C18H18N2O5/c1-23-15-10-8-14(9-11-15)16(17(21)24-2)19-20-18(22)25-12-13-6-4-3-5-7-13/h3-11,16H,12H2,1-2H3. The number of azo groups is 1. The van der Waals surface area contributed by atoms with Gasteiger partial charge in [-0.05, 0) is 23.3 Å².